The van der Waals surface area contributed by atoms with E-state index in [1.807, 2.05) is 0 Å². The SMILES string of the molecule is CNC1CCCN(c2ccc(C(C)C)cc2)C1. The Hall–Kier alpha value is -1.02. The molecule has 0 radical (unpaired) electrons. The third-order valence-electron chi connectivity index (χ3n) is 3.75. The van der Waals surface area contributed by atoms with Crippen LogP contribution in [0.3, 0.4) is 0 Å². The minimum Gasteiger partial charge on any atom is -0.370 e. The van der Waals surface area contributed by atoms with E-state index in [2.05, 4.69) is 55.4 Å². The maximum atomic E-state index is 3.39. The summed E-state index contributed by atoms with van der Waals surface area (Å²) >= 11 is 0. The molecule has 1 N–H and O–H groups in total. The Balaban J connectivity index is 2.06. The van der Waals surface area contributed by atoms with Crippen LogP contribution in [0, 0.1) is 0 Å². The number of hydrogen-bond acceptors (Lipinski definition) is 2. The number of piperidine rings is 1. The van der Waals surface area contributed by atoms with Crippen LogP contribution in [0.25, 0.3) is 0 Å². The van der Waals surface area contributed by atoms with Gasteiger partial charge in [-0.05, 0) is 43.5 Å². The van der Waals surface area contributed by atoms with Crippen molar-refractivity contribution >= 4 is 5.69 Å². The first-order valence-corrected chi connectivity index (χ1v) is 6.73. The summed E-state index contributed by atoms with van der Waals surface area (Å²) in [5.41, 5.74) is 2.80. The summed E-state index contributed by atoms with van der Waals surface area (Å²) in [7, 11) is 2.07. The van der Waals surface area contributed by atoms with E-state index in [0.29, 0.717) is 12.0 Å². The van der Waals surface area contributed by atoms with Gasteiger partial charge in [-0.2, -0.15) is 0 Å². The lowest BCUT2D eigenvalue weighted by molar-refractivity contribution is 0.449. The molecular weight excluding hydrogens is 208 g/mol. The second-order valence-electron chi connectivity index (χ2n) is 5.32. The first kappa shape index (κ1) is 12.4. The van der Waals surface area contributed by atoms with Crippen LogP contribution in [0.1, 0.15) is 38.2 Å². The van der Waals surface area contributed by atoms with Crippen LogP contribution in [0.15, 0.2) is 24.3 Å². The highest BCUT2D eigenvalue weighted by Crippen LogP contribution is 2.22. The molecule has 1 atom stereocenters. The lowest BCUT2D eigenvalue weighted by Gasteiger charge is -2.34. The Morgan fingerprint density at radius 3 is 2.53 bits per heavy atom. The van der Waals surface area contributed by atoms with Crippen molar-refractivity contribution < 1.29 is 0 Å². The number of likely N-dealkylation sites (N-methyl/N-ethyl adjacent to an activating group) is 1. The summed E-state index contributed by atoms with van der Waals surface area (Å²) in [6, 6.07) is 9.72. The van der Waals surface area contributed by atoms with Crippen LogP contribution in [0.4, 0.5) is 5.69 Å². The Labute approximate surface area is 105 Å². The van der Waals surface area contributed by atoms with E-state index < -0.39 is 0 Å². The molecule has 1 unspecified atom stereocenters. The molecular formula is C15H24N2. The van der Waals surface area contributed by atoms with Gasteiger partial charge in [0.05, 0.1) is 0 Å². The van der Waals surface area contributed by atoms with Gasteiger partial charge in [-0.15, -0.1) is 0 Å². The van der Waals surface area contributed by atoms with Crippen molar-refractivity contribution in [2.45, 2.75) is 38.6 Å². The van der Waals surface area contributed by atoms with Gasteiger partial charge in [0.25, 0.3) is 0 Å². The van der Waals surface area contributed by atoms with Crippen LogP contribution in [0.2, 0.25) is 0 Å². The van der Waals surface area contributed by atoms with Crippen LogP contribution < -0.4 is 10.2 Å². The first-order chi connectivity index (χ1) is 8.20. The highest BCUT2D eigenvalue weighted by Gasteiger charge is 2.18. The molecule has 1 aromatic rings. The second-order valence-corrected chi connectivity index (χ2v) is 5.32. The van der Waals surface area contributed by atoms with Gasteiger partial charge < -0.3 is 10.2 Å². The summed E-state index contributed by atoms with van der Waals surface area (Å²) in [6.07, 6.45) is 2.59. The maximum Gasteiger partial charge on any atom is 0.0366 e. The smallest absolute Gasteiger partial charge is 0.0366 e. The predicted molar refractivity (Wildman–Crippen MR) is 74.8 cm³/mol. The van der Waals surface area contributed by atoms with Crippen LogP contribution in [-0.4, -0.2) is 26.2 Å². The van der Waals surface area contributed by atoms with Gasteiger partial charge in [0.1, 0.15) is 0 Å². The highest BCUT2D eigenvalue weighted by molar-refractivity contribution is 5.48. The van der Waals surface area contributed by atoms with Gasteiger partial charge in [0, 0.05) is 24.8 Å². The third-order valence-corrected chi connectivity index (χ3v) is 3.75. The van der Waals surface area contributed by atoms with Crippen molar-refractivity contribution in [2.24, 2.45) is 0 Å². The lowest BCUT2D eigenvalue weighted by Crippen LogP contribution is -2.44. The fourth-order valence-corrected chi connectivity index (χ4v) is 2.52. The zero-order valence-corrected chi connectivity index (χ0v) is 11.2. The molecule has 0 bridgehead atoms. The topological polar surface area (TPSA) is 15.3 Å². The average Bonchev–Trinajstić information content (AvgIpc) is 2.39. The Morgan fingerprint density at radius 1 is 1.24 bits per heavy atom. The fraction of sp³-hybridized carbons (Fsp3) is 0.600. The number of rotatable bonds is 3. The third kappa shape index (κ3) is 3.01. The molecule has 1 saturated heterocycles. The molecule has 94 valence electrons. The summed E-state index contributed by atoms with van der Waals surface area (Å²) in [5.74, 6) is 0.621. The molecule has 1 fully saturated rings. The standard InChI is InChI=1S/C15H24N2/c1-12(2)13-6-8-15(9-7-13)17-10-4-5-14(11-17)16-3/h6-9,12,14,16H,4-5,10-11H2,1-3H3. The van der Waals surface area contributed by atoms with Crippen molar-refractivity contribution in [3.63, 3.8) is 0 Å². The van der Waals surface area contributed by atoms with Crippen LogP contribution >= 0.6 is 0 Å². The van der Waals surface area contributed by atoms with Gasteiger partial charge >= 0.3 is 0 Å². The minimum atomic E-state index is 0.621. The van der Waals surface area contributed by atoms with Crippen LogP contribution in [0.5, 0.6) is 0 Å². The van der Waals surface area contributed by atoms with Gasteiger partial charge in [-0.25, -0.2) is 0 Å². The van der Waals surface area contributed by atoms with Gasteiger partial charge in [-0.1, -0.05) is 26.0 Å². The van der Waals surface area contributed by atoms with Crippen molar-refractivity contribution in [1.29, 1.82) is 0 Å². The molecule has 2 nitrogen and oxygen atoms in total. The molecule has 2 heteroatoms. The van der Waals surface area contributed by atoms with Gasteiger partial charge in [0.2, 0.25) is 0 Å². The van der Waals surface area contributed by atoms with Crippen molar-refractivity contribution in [2.75, 3.05) is 25.0 Å². The first-order valence-electron chi connectivity index (χ1n) is 6.73. The number of nitrogens with zero attached hydrogens (tertiary/aromatic N) is 1. The van der Waals surface area contributed by atoms with Crippen molar-refractivity contribution in [3.8, 4) is 0 Å². The Bertz CT molecular complexity index is 342. The largest absolute Gasteiger partial charge is 0.370 e. The monoisotopic (exact) mass is 232 g/mol. The normalized spacial score (nSPS) is 20.9. The van der Waals surface area contributed by atoms with E-state index in [1.165, 1.54) is 30.6 Å². The van der Waals surface area contributed by atoms with Crippen molar-refractivity contribution in [1.82, 2.24) is 5.32 Å². The number of nitrogens with one attached hydrogen (secondary N) is 1. The van der Waals surface area contributed by atoms with E-state index >= 15 is 0 Å². The molecule has 2 rings (SSSR count). The predicted octanol–water partition coefficient (Wildman–Crippen LogP) is 3.00. The number of benzene rings is 1. The molecule has 0 aromatic heterocycles. The molecule has 0 aliphatic carbocycles. The van der Waals surface area contributed by atoms with Crippen LogP contribution in [-0.2, 0) is 0 Å². The molecule has 17 heavy (non-hydrogen) atoms. The summed E-state index contributed by atoms with van der Waals surface area (Å²) in [6.45, 7) is 6.82. The average molecular weight is 232 g/mol. The number of hydrogen-bond donors (Lipinski definition) is 1. The molecule has 1 aromatic carbocycles. The summed E-state index contributed by atoms with van der Waals surface area (Å²) in [4.78, 5) is 2.49. The molecule has 0 spiro atoms. The molecule has 0 amide bonds. The fourth-order valence-electron chi connectivity index (χ4n) is 2.52. The van der Waals surface area contributed by atoms with Crippen molar-refractivity contribution in [3.05, 3.63) is 29.8 Å². The quantitative estimate of drug-likeness (QED) is 0.862. The molecule has 0 saturated carbocycles. The van der Waals surface area contributed by atoms with E-state index in [4.69, 9.17) is 0 Å². The highest BCUT2D eigenvalue weighted by atomic mass is 15.2. The van der Waals surface area contributed by atoms with Gasteiger partial charge in [-0.3, -0.25) is 0 Å². The summed E-state index contributed by atoms with van der Waals surface area (Å²) in [5, 5.41) is 3.39. The zero-order valence-electron chi connectivity index (χ0n) is 11.2. The lowest BCUT2D eigenvalue weighted by atomic mass is 10.0. The maximum absolute atomic E-state index is 3.39. The Kier molecular flexibility index (Phi) is 4.06. The van der Waals surface area contributed by atoms with E-state index in [9.17, 15) is 0 Å². The zero-order chi connectivity index (χ0) is 12.3. The van der Waals surface area contributed by atoms with Gasteiger partial charge in [0.15, 0.2) is 0 Å². The summed E-state index contributed by atoms with van der Waals surface area (Å²) < 4.78 is 0. The molecule has 1 heterocycles. The molecule has 1 aliphatic rings. The minimum absolute atomic E-state index is 0.621. The van der Waals surface area contributed by atoms with E-state index in [0.717, 1.165) is 6.54 Å². The van der Waals surface area contributed by atoms with E-state index in [1.54, 1.807) is 0 Å². The second kappa shape index (κ2) is 5.54. The molecule has 1 aliphatic heterocycles. The number of anilines is 1. The van der Waals surface area contributed by atoms with E-state index in [-0.39, 0.29) is 0 Å². The Morgan fingerprint density at radius 2 is 1.94 bits per heavy atom.